The molecule has 3 N–H and O–H groups in total. The van der Waals surface area contributed by atoms with Crippen molar-refractivity contribution in [2.45, 2.75) is 49.8 Å². The zero-order valence-corrected chi connectivity index (χ0v) is 18.7. The third-order valence-electron chi connectivity index (χ3n) is 7.18. The molecule has 5 rings (SSSR count). The van der Waals surface area contributed by atoms with E-state index in [1.165, 1.54) is 0 Å². The van der Waals surface area contributed by atoms with Crippen LogP contribution in [0.25, 0.3) is 11.1 Å². The highest BCUT2D eigenvalue weighted by molar-refractivity contribution is 5.87. The molecule has 8 nitrogen and oxygen atoms in total. The quantitative estimate of drug-likeness (QED) is 0.580. The third kappa shape index (κ3) is 4.25. The summed E-state index contributed by atoms with van der Waals surface area (Å²) >= 11 is 0. The number of rotatable bonds is 7. The molecule has 2 aliphatic carbocycles. The average molecular weight is 465 g/mol. The Morgan fingerprint density at radius 2 is 1.65 bits per heavy atom. The lowest BCUT2D eigenvalue weighted by Crippen LogP contribution is -2.55. The Labute approximate surface area is 197 Å². The van der Waals surface area contributed by atoms with Crippen LogP contribution in [0.2, 0.25) is 0 Å². The number of fused-ring (bicyclic) bond motifs is 3. The molecular formula is C26H28N2O6. The smallest absolute Gasteiger partial charge is 0.407 e. The maximum absolute atomic E-state index is 12.7. The van der Waals surface area contributed by atoms with Crippen LogP contribution in [-0.4, -0.2) is 54.5 Å². The SMILES string of the molecule is O=C(N[C@@H]1CCO[C@@H]1C(=O)NC(C(=O)O)C1CCC1)OCC1c2ccccc2-c2ccccc21. The number of carbonyl (C=O) groups excluding carboxylic acids is 2. The van der Waals surface area contributed by atoms with Gasteiger partial charge >= 0.3 is 12.1 Å². The minimum Gasteiger partial charge on any atom is -0.480 e. The molecular weight excluding hydrogens is 436 g/mol. The van der Waals surface area contributed by atoms with Crippen molar-refractivity contribution >= 4 is 18.0 Å². The Hall–Kier alpha value is -3.39. The van der Waals surface area contributed by atoms with Gasteiger partial charge < -0.3 is 25.2 Å². The first-order chi connectivity index (χ1) is 16.5. The second-order valence-electron chi connectivity index (χ2n) is 9.17. The van der Waals surface area contributed by atoms with Gasteiger partial charge in [-0.25, -0.2) is 9.59 Å². The van der Waals surface area contributed by atoms with E-state index in [-0.39, 0.29) is 18.4 Å². The molecule has 1 heterocycles. The molecule has 0 bridgehead atoms. The van der Waals surface area contributed by atoms with Gasteiger partial charge in [0.05, 0.1) is 6.04 Å². The number of benzene rings is 2. The van der Waals surface area contributed by atoms with Gasteiger partial charge in [-0.3, -0.25) is 4.79 Å². The molecule has 2 aromatic rings. The number of carbonyl (C=O) groups is 3. The van der Waals surface area contributed by atoms with E-state index in [2.05, 4.69) is 22.8 Å². The molecule has 2 aromatic carbocycles. The van der Waals surface area contributed by atoms with Gasteiger partial charge in [0.2, 0.25) is 0 Å². The number of ether oxygens (including phenoxy) is 2. The van der Waals surface area contributed by atoms with Crippen molar-refractivity contribution in [1.29, 1.82) is 0 Å². The summed E-state index contributed by atoms with van der Waals surface area (Å²) in [5, 5.41) is 14.8. The summed E-state index contributed by atoms with van der Waals surface area (Å²) in [6, 6.07) is 14.7. The number of amides is 2. The topological polar surface area (TPSA) is 114 Å². The van der Waals surface area contributed by atoms with E-state index in [1.54, 1.807) is 0 Å². The van der Waals surface area contributed by atoms with Crippen LogP contribution in [-0.2, 0) is 19.1 Å². The number of carboxylic acids is 1. The Morgan fingerprint density at radius 3 is 2.24 bits per heavy atom. The van der Waals surface area contributed by atoms with Crippen molar-refractivity contribution in [3.63, 3.8) is 0 Å². The van der Waals surface area contributed by atoms with Crippen molar-refractivity contribution in [1.82, 2.24) is 10.6 Å². The Morgan fingerprint density at radius 1 is 1.00 bits per heavy atom. The lowest BCUT2D eigenvalue weighted by molar-refractivity contribution is -0.146. The first-order valence-electron chi connectivity index (χ1n) is 11.8. The first kappa shape index (κ1) is 22.4. The van der Waals surface area contributed by atoms with E-state index in [9.17, 15) is 19.5 Å². The fourth-order valence-corrected chi connectivity index (χ4v) is 5.18. The number of aliphatic carboxylic acids is 1. The molecule has 1 unspecified atom stereocenters. The van der Waals surface area contributed by atoms with E-state index in [4.69, 9.17) is 9.47 Å². The van der Waals surface area contributed by atoms with E-state index < -0.39 is 36.2 Å². The number of carboxylic acid groups (broad SMARTS) is 1. The van der Waals surface area contributed by atoms with Crippen LogP contribution in [0.5, 0.6) is 0 Å². The number of alkyl carbamates (subject to hydrolysis) is 1. The first-order valence-corrected chi connectivity index (χ1v) is 11.8. The maximum Gasteiger partial charge on any atom is 0.407 e. The van der Waals surface area contributed by atoms with Gasteiger partial charge in [0.25, 0.3) is 5.91 Å². The normalized spacial score (nSPS) is 22.2. The van der Waals surface area contributed by atoms with Crippen molar-refractivity contribution in [2.75, 3.05) is 13.2 Å². The van der Waals surface area contributed by atoms with Gasteiger partial charge in [-0.2, -0.15) is 0 Å². The van der Waals surface area contributed by atoms with Gasteiger partial charge in [-0.1, -0.05) is 55.0 Å². The Kier molecular flexibility index (Phi) is 6.24. The molecule has 1 aliphatic heterocycles. The van der Waals surface area contributed by atoms with Crippen molar-refractivity contribution < 1.29 is 29.0 Å². The molecule has 1 saturated heterocycles. The van der Waals surface area contributed by atoms with Gasteiger partial charge in [0.15, 0.2) is 6.10 Å². The van der Waals surface area contributed by atoms with E-state index >= 15 is 0 Å². The number of hydrogen-bond donors (Lipinski definition) is 3. The largest absolute Gasteiger partial charge is 0.480 e. The highest BCUT2D eigenvalue weighted by Crippen LogP contribution is 2.44. The van der Waals surface area contributed by atoms with Crippen LogP contribution < -0.4 is 10.6 Å². The summed E-state index contributed by atoms with van der Waals surface area (Å²) in [5.41, 5.74) is 4.53. The summed E-state index contributed by atoms with van der Waals surface area (Å²) < 4.78 is 11.1. The van der Waals surface area contributed by atoms with Gasteiger partial charge in [0.1, 0.15) is 12.6 Å². The van der Waals surface area contributed by atoms with Gasteiger partial charge in [-0.15, -0.1) is 0 Å². The molecule has 0 spiro atoms. The van der Waals surface area contributed by atoms with Crippen LogP contribution >= 0.6 is 0 Å². The zero-order chi connectivity index (χ0) is 23.7. The highest BCUT2D eigenvalue weighted by Gasteiger charge is 2.40. The molecule has 3 atom stereocenters. The van der Waals surface area contributed by atoms with Crippen LogP contribution in [0.1, 0.15) is 42.7 Å². The minimum absolute atomic E-state index is 0.0589. The average Bonchev–Trinajstić information content (AvgIpc) is 3.38. The molecule has 178 valence electrons. The second-order valence-corrected chi connectivity index (χ2v) is 9.17. The fourth-order valence-electron chi connectivity index (χ4n) is 5.18. The van der Waals surface area contributed by atoms with Crippen molar-refractivity contribution in [3.05, 3.63) is 59.7 Å². The van der Waals surface area contributed by atoms with E-state index in [0.29, 0.717) is 13.0 Å². The summed E-state index contributed by atoms with van der Waals surface area (Å²) in [6.45, 7) is 0.473. The standard InChI is InChI=1S/C26H28N2O6/c29-24(28-22(25(30)31)15-6-5-7-15)23-21(12-13-33-23)27-26(32)34-14-20-18-10-3-1-8-16(18)17-9-2-4-11-19(17)20/h1-4,8-11,15,20-23H,5-7,12-14H2,(H,27,32)(H,28,29)(H,30,31)/t21-,22?,23+/m1/s1. The predicted molar refractivity (Wildman–Crippen MR) is 123 cm³/mol. The predicted octanol–water partition coefficient (Wildman–Crippen LogP) is 3.05. The van der Waals surface area contributed by atoms with Crippen LogP contribution in [0, 0.1) is 5.92 Å². The van der Waals surface area contributed by atoms with E-state index in [0.717, 1.165) is 41.5 Å². The molecule has 8 heteroatoms. The number of hydrogen-bond acceptors (Lipinski definition) is 5. The van der Waals surface area contributed by atoms with Crippen molar-refractivity contribution in [2.24, 2.45) is 5.92 Å². The molecule has 1 saturated carbocycles. The molecule has 0 aromatic heterocycles. The minimum atomic E-state index is -1.04. The fraction of sp³-hybridized carbons (Fsp3) is 0.423. The third-order valence-corrected chi connectivity index (χ3v) is 7.18. The highest BCUT2D eigenvalue weighted by atomic mass is 16.6. The maximum atomic E-state index is 12.7. The zero-order valence-electron chi connectivity index (χ0n) is 18.7. The summed E-state index contributed by atoms with van der Waals surface area (Å²) in [7, 11) is 0. The van der Waals surface area contributed by atoms with E-state index in [1.807, 2.05) is 36.4 Å². The van der Waals surface area contributed by atoms with Crippen LogP contribution in [0.3, 0.4) is 0 Å². The van der Waals surface area contributed by atoms with Crippen LogP contribution in [0.4, 0.5) is 4.79 Å². The van der Waals surface area contributed by atoms with Gasteiger partial charge in [0, 0.05) is 12.5 Å². The lowest BCUT2D eigenvalue weighted by atomic mass is 9.79. The molecule has 0 radical (unpaired) electrons. The molecule has 2 fully saturated rings. The van der Waals surface area contributed by atoms with Crippen molar-refractivity contribution in [3.8, 4) is 11.1 Å². The Bertz CT molecular complexity index is 1050. The summed E-state index contributed by atoms with van der Waals surface area (Å²) in [4.78, 5) is 37.0. The second kappa shape index (κ2) is 9.46. The Balaban J connectivity index is 1.19. The lowest BCUT2D eigenvalue weighted by Gasteiger charge is -2.32. The summed E-state index contributed by atoms with van der Waals surface area (Å²) in [6.07, 6.45) is 1.42. The monoisotopic (exact) mass is 464 g/mol. The molecule has 34 heavy (non-hydrogen) atoms. The summed E-state index contributed by atoms with van der Waals surface area (Å²) in [5.74, 6) is -1.68. The van der Waals surface area contributed by atoms with Crippen LogP contribution in [0.15, 0.2) is 48.5 Å². The number of nitrogens with one attached hydrogen (secondary N) is 2. The van der Waals surface area contributed by atoms with Gasteiger partial charge in [-0.05, 0) is 47.4 Å². The molecule has 3 aliphatic rings. The molecule has 2 amide bonds.